The molecule has 1 aliphatic heterocycles. The highest BCUT2D eigenvalue weighted by Crippen LogP contribution is 2.50. The van der Waals surface area contributed by atoms with E-state index in [1.165, 1.54) is 0 Å². The van der Waals surface area contributed by atoms with Gasteiger partial charge in [-0.3, -0.25) is 0 Å². The van der Waals surface area contributed by atoms with E-state index in [0.29, 0.717) is 11.6 Å². The highest BCUT2D eigenvalue weighted by atomic mass is 16.1. The van der Waals surface area contributed by atoms with Gasteiger partial charge in [0.1, 0.15) is 0 Å². The summed E-state index contributed by atoms with van der Waals surface area (Å²) < 4.78 is 0. The number of hydrogen-bond donors (Lipinski definition) is 1. The van der Waals surface area contributed by atoms with Gasteiger partial charge in [-0.15, -0.1) is 0 Å². The van der Waals surface area contributed by atoms with Gasteiger partial charge in [0.2, 0.25) is 5.70 Å². The standard InChI is InChI=1S/C13H18N2O/c1-12(2)10-5-6-15-8-13(10,3)7-9(14-4)11(12)16/h7,10,15H,5-6,8H2,1-3H3/t10-,13+/m1/s1. The predicted molar refractivity (Wildman–Crippen MR) is 62.6 cm³/mol. The van der Waals surface area contributed by atoms with Gasteiger partial charge in [0, 0.05) is 12.0 Å². The summed E-state index contributed by atoms with van der Waals surface area (Å²) in [6, 6.07) is 0. The van der Waals surface area contributed by atoms with E-state index in [1.54, 1.807) is 0 Å². The lowest BCUT2D eigenvalue weighted by molar-refractivity contribution is -0.130. The number of carbonyl (C=O) groups excluding carboxylic acids is 1. The third kappa shape index (κ3) is 1.41. The minimum atomic E-state index is -0.397. The van der Waals surface area contributed by atoms with E-state index in [4.69, 9.17) is 6.57 Å². The van der Waals surface area contributed by atoms with Crippen LogP contribution in [0.1, 0.15) is 27.2 Å². The summed E-state index contributed by atoms with van der Waals surface area (Å²) in [6.45, 7) is 15.1. The molecule has 2 aliphatic rings. The molecule has 3 heteroatoms. The first-order chi connectivity index (χ1) is 7.42. The Balaban J connectivity index is 2.53. The normalized spacial score (nSPS) is 37.2. The van der Waals surface area contributed by atoms with Gasteiger partial charge in [0.05, 0.1) is 6.57 Å². The maximum Gasteiger partial charge on any atom is 0.226 e. The molecule has 2 rings (SSSR count). The van der Waals surface area contributed by atoms with Gasteiger partial charge in [-0.2, -0.15) is 0 Å². The van der Waals surface area contributed by atoms with Crippen LogP contribution in [0.2, 0.25) is 0 Å². The Morgan fingerprint density at radius 1 is 1.50 bits per heavy atom. The quantitative estimate of drug-likeness (QED) is 0.631. The molecule has 86 valence electrons. The molecule has 0 aromatic rings. The summed E-state index contributed by atoms with van der Waals surface area (Å²) >= 11 is 0. The van der Waals surface area contributed by atoms with E-state index in [2.05, 4.69) is 17.1 Å². The number of hydrogen-bond acceptors (Lipinski definition) is 2. The van der Waals surface area contributed by atoms with E-state index < -0.39 is 5.41 Å². The van der Waals surface area contributed by atoms with Crippen LogP contribution in [0.3, 0.4) is 0 Å². The SMILES string of the molecule is [C-]#[N+]C1=C[C@@]2(C)CNCC[C@@H]2C(C)(C)C1=O. The smallest absolute Gasteiger partial charge is 0.226 e. The molecule has 0 aromatic carbocycles. The van der Waals surface area contributed by atoms with Crippen molar-refractivity contribution in [1.29, 1.82) is 0 Å². The van der Waals surface area contributed by atoms with Crippen molar-refractivity contribution >= 4 is 5.78 Å². The molecule has 0 bridgehead atoms. The van der Waals surface area contributed by atoms with Crippen molar-refractivity contribution in [1.82, 2.24) is 5.32 Å². The minimum absolute atomic E-state index is 0.0203. The molecule has 3 nitrogen and oxygen atoms in total. The number of allylic oxidation sites excluding steroid dienone is 1. The predicted octanol–water partition coefficient (Wildman–Crippen LogP) is 2.01. The lowest BCUT2D eigenvalue weighted by Gasteiger charge is -2.50. The fourth-order valence-corrected chi connectivity index (χ4v) is 3.34. The molecule has 1 heterocycles. The van der Waals surface area contributed by atoms with Crippen molar-refractivity contribution in [3.63, 3.8) is 0 Å². The van der Waals surface area contributed by atoms with E-state index in [0.717, 1.165) is 19.5 Å². The van der Waals surface area contributed by atoms with Crippen molar-refractivity contribution in [2.45, 2.75) is 27.2 Å². The Morgan fingerprint density at radius 3 is 2.81 bits per heavy atom. The second-order valence-corrected chi connectivity index (χ2v) is 5.72. The molecule has 0 radical (unpaired) electrons. The van der Waals surface area contributed by atoms with E-state index in [1.807, 2.05) is 19.9 Å². The summed E-state index contributed by atoms with van der Waals surface area (Å²) in [4.78, 5) is 15.6. The first-order valence-electron chi connectivity index (χ1n) is 5.77. The number of rotatable bonds is 0. The second kappa shape index (κ2) is 3.43. The average Bonchev–Trinajstić information content (AvgIpc) is 2.24. The van der Waals surface area contributed by atoms with E-state index in [9.17, 15) is 4.79 Å². The minimum Gasteiger partial charge on any atom is -0.316 e. The number of fused-ring (bicyclic) bond motifs is 1. The molecule has 1 aliphatic carbocycles. The van der Waals surface area contributed by atoms with Crippen LogP contribution >= 0.6 is 0 Å². The number of ketones is 1. The molecule has 1 saturated heterocycles. The van der Waals surface area contributed by atoms with Crippen molar-refractivity contribution < 1.29 is 4.79 Å². The lowest BCUT2D eigenvalue weighted by Crippen LogP contribution is -2.54. The topological polar surface area (TPSA) is 33.5 Å². The first kappa shape index (κ1) is 11.3. The van der Waals surface area contributed by atoms with Gasteiger partial charge >= 0.3 is 0 Å². The first-order valence-corrected chi connectivity index (χ1v) is 5.77. The molecule has 16 heavy (non-hydrogen) atoms. The van der Waals surface area contributed by atoms with Crippen LogP contribution in [0.4, 0.5) is 0 Å². The summed E-state index contributed by atoms with van der Waals surface area (Å²) in [5, 5.41) is 3.36. The third-order valence-electron chi connectivity index (χ3n) is 4.19. The molecule has 1 fully saturated rings. The monoisotopic (exact) mass is 218 g/mol. The zero-order valence-electron chi connectivity index (χ0n) is 10.1. The van der Waals surface area contributed by atoms with Crippen LogP contribution in [-0.2, 0) is 4.79 Å². The van der Waals surface area contributed by atoms with Crippen LogP contribution in [0, 0.1) is 23.3 Å². The Bertz CT molecular complexity index is 403. The summed E-state index contributed by atoms with van der Waals surface area (Å²) in [5.74, 6) is 0.367. The Labute approximate surface area is 96.7 Å². The van der Waals surface area contributed by atoms with Crippen LogP contribution in [0.15, 0.2) is 11.8 Å². The number of piperidine rings is 1. The van der Waals surface area contributed by atoms with Crippen LogP contribution in [0.25, 0.3) is 4.85 Å². The molecule has 0 aromatic heterocycles. The van der Waals surface area contributed by atoms with Gasteiger partial charge in [-0.25, -0.2) is 4.85 Å². The molecule has 0 unspecified atom stereocenters. The second-order valence-electron chi connectivity index (χ2n) is 5.72. The maximum absolute atomic E-state index is 12.2. The summed E-state index contributed by atoms with van der Waals surface area (Å²) in [5.41, 5.74) is -0.117. The highest BCUT2D eigenvalue weighted by molar-refractivity contribution is 6.02. The molecule has 0 saturated carbocycles. The van der Waals surface area contributed by atoms with Gasteiger partial charge < -0.3 is 10.1 Å². The fourth-order valence-electron chi connectivity index (χ4n) is 3.34. The molecular formula is C13H18N2O. The van der Waals surface area contributed by atoms with Crippen LogP contribution in [-0.4, -0.2) is 18.9 Å². The van der Waals surface area contributed by atoms with Gasteiger partial charge in [-0.1, -0.05) is 26.8 Å². The largest absolute Gasteiger partial charge is 0.316 e. The van der Waals surface area contributed by atoms with E-state index in [-0.39, 0.29) is 11.2 Å². The average molecular weight is 218 g/mol. The lowest BCUT2D eigenvalue weighted by atomic mass is 9.56. The third-order valence-corrected chi connectivity index (χ3v) is 4.19. The Kier molecular flexibility index (Phi) is 2.43. The van der Waals surface area contributed by atoms with Crippen molar-refractivity contribution in [3.8, 4) is 0 Å². The summed E-state index contributed by atoms with van der Waals surface area (Å²) in [6.07, 6.45) is 2.90. The number of nitrogens with zero attached hydrogens (tertiary/aromatic N) is 1. The zero-order chi connectivity index (χ0) is 12.0. The Hall–Kier alpha value is -1.14. The number of carbonyl (C=O) groups is 1. The zero-order valence-corrected chi connectivity index (χ0v) is 10.1. The van der Waals surface area contributed by atoms with Crippen LogP contribution < -0.4 is 5.32 Å². The van der Waals surface area contributed by atoms with Crippen molar-refractivity contribution in [3.05, 3.63) is 23.2 Å². The number of nitrogens with one attached hydrogen (secondary N) is 1. The Morgan fingerprint density at radius 2 is 2.19 bits per heavy atom. The molecule has 2 atom stereocenters. The molecule has 0 spiro atoms. The summed E-state index contributed by atoms with van der Waals surface area (Å²) in [7, 11) is 0. The molecule has 0 amide bonds. The van der Waals surface area contributed by atoms with Gasteiger partial charge in [0.15, 0.2) is 5.78 Å². The fraction of sp³-hybridized carbons (Fsp3) is 0.692. The highest BCUT2D eigenvalue weighted by Gasteiger charge is 2.51. The van der Waals surface area contributed by atoms with Crippen LogP contribution in [0.5, 0.6) is 0 Å². The van der Waals surface area contributed by atoms with Gasteiger partial charge in [0.25, 0.3) is 0 Å². The van der Waals surface area contributed by atoms with Gasteiger partial charge in [-0.05, 0) is 24.3 Å². The van der Waals surface area contributed by atoms with Crippen molar-refractivity contribution in [2.75, 3.05) is 13.1 Å². The van der Waals surface area contributed by atoms with E-state index >= 15 is 0 Å². The van der Waals surface area contributed by atoms with Crippen molar-refractivity contribution in [2.24, 2.45) is 16.7 Å². The molecular weight excluding hydrogens is 200 g/mol. The molecule has 1 N–H and O–H groups in total. The maximum atomic E-state index is 12.2. The number of Topliss-reactive ketones (excluding diaryl/α,β-unsaturated/α-hetero) is 1.